The van der Waals surface area contributed by atoms with Gasteiger partial charge in [-0.1, -0.05) is 87.4 Å². The topological polar surface area (TPSA) is 71.8 Å². The van der Waals surface area contributed by atoms with Gasteiger partial charge >= 0.3 is 0 Å². The van der Waals surface area contributed by atoms with Gasteiger partial charge in [-0.3, -0.25) is 0 Å². The number of benzene rings is 2. The van der Waals surface area contributed by atoms with E-state index in [1.54, 1.807) is 0 Å². The Labute approximate surface area is 254 Å². The summed E-state index contributed by atoms with van der Waals surface area (Å²) < 4.78 is 13.4. The van der Waals surface area contributed by atoms with E-state index in [9.17, 15) is 0 Å². The van der Waals surface area contributed by atoms with Crippen molar-refractivity contribution in [3.63, 3.8) is 0 Å². The van der Waals surface area contributed by atoms with Gasteiger partial charge in [-0.15, -0.1) is 0 Å². The van der Waals surface area contributed by atoms with Crippen LogP contribution in [0.3, 0.4) is 0 Å². The third kappa shape index (κ3) is 5.37. The number of nitrogens with one attached hydrogen (secondary N) is 2. The molecule has 0 saturated carbocycles. The summed E-state index contributed by atoms with van der Waals surface area (Å²) in [5, 5.41) is 6.15. The van der Waals surface area contributed by atoms with E-state index in [-0.39, 0.29) is 22.3 Å². The number of ether oxygens (including phenoxy) is 2. The fourth-order valence-electron chi connectivity index (χ4n) is 9.14. The molecule has 0 bridgehead atoms. The first-order chi connectivity index (χ1) is 20.5. The van der Waals surface area contributed by atoms with Gasteiger partial charge in [0, 0.05) is 30.5 Å². The van der Waals surface area contributed by atoms with Crippen molar-refractivity contribution < 1.29 is 9.47 Å². The molecule has 0 aliphatic carbocycles. The summed E-state index contributed by atoms with van der Waals surface area (Å²) in [5.74, 6) is 1.01. The van der Waals surface area contributed by atoms with Gasteiger partial charge in [0.25, 0.3) is 0 Å². The molecule has 2 aromatic carbocycles. The minimum absolute atomic E-state index is 0.0650. The zero-order valence-electron chi connectivity index (χ0n) is 26.1. The molecule has 2 aromatic rings. The highest BCUT2D eigenvalue weighted by molar-refractivity contribution is 5.23. The van der Waals surface area contributed by atoms with Gasteiger partial charge in [0.15, 0.2) is 0 Å². The van der Waals surface area contributed by atoms with E-state index in [1.807, 2.05) is 0 Å². The van der Waals surface area contributed by atoms with Crippen LogP contribution in [0.25, 0.3) is 0 Å². The largest absolute Gasteiger partial charge is 0.372 e. The van der Waals surface area contributed by atoms with Crippen molar-refractivity contribution in [2.75, 3.05) is 39.4 Å². The van der Waals surface area contributed by atoms with Gasteiger partial charge in [0.1, 0.15) is 0 Å². The van der Waals surface area contributed by atoms with Crippen LogP contribution in [-0.2, 0) is 22.3 Å². The van der Waals surface area contributed by atoms with E-state index in [0.717, 1.165) is 104 Å². The van der Waals surface area contributed by atoms with Crippen LogP contribution >= 0.6 is 0 Å². The van der Waals surface area contributed by atoms with Crippen molar-refractivity contribution in [3.05, 3.63) is 71.8 Å². The molecule has 4 saturated heterocycles. The summed E-state index contributed by atoms with van der Waals surface area (Å²) in [5.41, 5.74) is 13.7. The molecule has 6 rings (SSSR count). The molecule has 4 N–H and O–H groups in total. The van der Waals surface area contributed by atoms with Crippen LogP contribution in [0.1, 0.15) is 76.3 Å². The number of rotatable bonds is 12. The average Bonchev–Trinajstić information content (AvgIpc) is 3.01. The fourth-order valence-corrected chi connectivity index (χ4v) is 9.14. The SMILES string of the molecule is CCCC1(C2(N)CCN(NC3(C4(CCC)OCC4Cc4ccccc4)CCNCC3)CC2)OCC1Cc1ccccc1. The lowest BCUT2D eigenvalue weighted by Gasteiger charge is -2.64. The molecular formula is C36H54N4O2. The van der Waals surface area contributed by atoms with Crippen LogP contribution in [0.4, 0.5) is 0 Å². The summed E-state index contributed by atoms with van der Waals surface area (Å²) in [6, 6.07) is 21.9. The molecule has 230 valence electrons. The van der Waals surface area contributed by atoms with Crippen molar-refractivity contribution >= 4 is 0 Å². The Morgan fingerprint density at radius 2 is 1.26 bits per heavy atom. The molecule has 0 radical (unpaired) electrons. The lowest BCUT2D eigenvalue weighted by atomic mass is 9.60. The molecule has 42 heavy (non-hydrogen) atoms. The Kier molecular flexibility index (Phi) is 9.12. The standard InChI is InChI=1S/C36H54N4O2/c1-3-15-35(31(27-41-35)25-29-11-7-5-8-12-29)33(37)19-23-40(24-20-33)39-34(17-21-38-22-18-34)36(16-4-2)32(28-42-36)26-30-13-9-6-10-14-30/h5-14,31-32,38-39H,3-4,15-28,37H2,1-2H3. The normalized spacial score (nSPS) is 32.5. The van der Waals surface area contributed by atoms with E-state index in [4.69, 9.17) is 15.2 Å². The number of nitrogens with zero attached hydrogens (tertiary/aromatic N) is 1. The van der Waals surface area contributed by atoms with Crippen molar-refractivity contribution in [2.24, 2.45) is 17.6 Å². The molecule has 4 aliphatic rings. The lowest BCUT2D eigenvalue weighted by Crippen LogP contribution is -2.79. The lowest BCUT2D eigenvalue weighted by molar-refractivity contribution is -0.271. The number of hydrogen-bond donors (Lipinski definition) is 3. The van der Waals surface area contributed by atoms with Crippen LogP contribution in [0, 0.1) is 11.8 Å². The Bertz CT molecular complexity index is 1130. The molecular weight excluding hydrogens is 520 g/mol. The van der Waals surface area contributed by atoms with Crippen LogP contribution in [0.5, 0.6) is 0 Å². The van der Waals surface area contributed by atoms with Crippen molar-refractivity contribution in [2.45, 2.75) is 100 Å². The molecule has 0 spiro atoms. The molecule has 0 aromatic heterocycles. The maximum atomic E-state index is 7.42. The molecule has 4 heterocycles. The van der Waals surface area contributed by atoms with Crippen LogP contribution < -0.4 is 16.5 Å². The predicted molar refractivity (Wildman–Crippen MR) is 170 cm³/mol. The van der Waals surface area contributed by atoms with Crippen molar-refractivity contribution in [3.8, 4) is 0 Å². The smallest absolute Gasteiger partial charge is 0.0930 e. The second kappa shape index (κ2) is 12.7. The zero-order chi connectivity index (χ0) is 29.1. The van der Waals surface area contributed by atoms with E-state index in [1.165, 1.54) is 11.1 Å². The second-order valence-electron chi connectivity index (χ2n) is 13.8. The van der Waals surface area contributed by atoms with Crippen LogP contribution in [0.15, 0.2) is 60.7 Å². The molecule has 4 atom stereocenters. The first kappa shape index (κ1) is 30.2. The monoisotopic (exact) mass is 574 g/mol. The molecule has 4 aliphatic heterocycles. The Morgan fingerprint density at radius 3 is 1.74 bits per heavy atom. The summed E-state index contributed by atoms with van der Waals surface area (Å²) in [6.07, 6.45) is 10.6. The number of hydrogen-bond acceptors (Lipinski definition) is 6. The Hall–Kier alpha value is -1.80. The highest BCUT2D eigenvalue weighted by atomic mass is 16.5. The molecule has 6 nitrogen and oxygen atoms in total. The maximum absolute atomic E-state index is 7.42. The first-order valence-corrected chi connectivity index (χ1v) is 16.9. The highest BCUT2D eigenvalue weighted by Gasteiger charge is 2.63. The number of piperidine rings is 2. The van der Waals surface area contributed by atoms with Crippen LogP contribution in [0.2, 0.25) is 0 Å². The first-order valence-electron chi connectivity index (χ1n) is 16.9. The molecule has 6 heteroatoms. The van der Waals surface area contributed by atoms with E-state index < -0.39 is 0 Å². The van der Waals surface area contributed by atoms with Gasteiger partial charge in [0.2, 0.25) is 0 Å². The van der Waals surface area contributed by atoms with E-state index in [2.05, 4.69) is 90.3 Å². The summed E-state index contributed by atoms with van der Waals surface area (Å²) in [6.45, 7) is 10.2. The third-order valence-electron chi connectivity index (χ3n) is 11.4. The molecule has 4 unspecified atom stereocenters. The number of nitrogens with two attached hydrogens (primary N) is 1. The Morgan fingerprint density at radius 1 is 0.762 bits per heavy atom. The minimum Gasteiger partial charge on any atom is -0.372 e. The summed E-state index contributed by atoms with van der Waals surface area (Å²) >= 11 is 0. The van der Waals surface area contributed by atoms with Crippen LogP contribution in [-0.4, -0.2) is 66.7 Å². The molecule has 0 amide bonds. The van der Waals surface area contributed by atoms with Crippen molar-refractivity contribution in [1.82, 2.24) is 15.8 Å². The maximum Gasteiger partial charge on any atom is 0.0930 e. The van der Waals surface area contributed by atoms with E-state index in [0.29, 0.717) is 11.8 Å². The second-order valence-corrected chi connectivity index (χ2v) is 13.8. The quantitative estimate of drug-likeness (QED) is 0.321. The predicted octanol–water partition coefficient (Wildman–Crippen LogP) is 5.26. The van der Waals surface area contributed by atoms with Gasteiger partial charge in [0.05, 0.1) is 30.0 Å². The highest BCUT2D eigenvalue weighted by Crippen LogP contribution is 2.52. The summed E-state index contributed by atoms with van der Waals surface area (Å²) in [4.78, 5) is 0. The molecule has 4 fully saturated rings. The van der Waals surface area contributed by atoms with Gasteiger partial charge < -0.3 is 20.5 Å². The average molecular weight is 575 g/mol. The minimum atomic E-state index is -0.301. The zero-order valence-corrected chi connectivity index (χ0v) is 26.1. The fraction of sp³-hybridized carbons (Fsp3) is 0.667. The third-order valence-corrected chi connectivity index (χ3v) is 11.4. The van der Waals surface area contributed by atoms with Gasteiger partial charge in [-0.05, 0) is 75.6 Å². The van der Waals surface area contributed by atoms with Gasteiger partial charge in [-0.25, -0.2) is 10.4 Å². The number of hydrazine groups is 1. The van der Waals surface area contributed by atoms with E-state index >= 15 is 0 Å². The summed E-state index contributed by atoms with van der Waals surface area (Å²) in [7, 11) is 0. The Balaban J connectivity index is 1.18. The van der Waals surface area contributed by atoms with Gasteiger partial charge in [-0.2, -0.15) is 0 Å². The van der Waals surface area contributed by atoms with Crippen molar-refractivity contribution in [1.29, 1.82) is 0 Å².